The van der Waals surface area contributed by atoms with E-state index in [-0.39, 0.29) is 29.8 Å². The second-order valence-corrected chi connectivity index (χ2v) is 7.97. The summed E-state index contributed by atoms with van der Waals surface area (Å²) >= 11 is 0. The number of amides is 1. The van der Waals surface area contributed by atoms with Gasteiger partial charge in [0.2, 0.25) is 17.5 Å². The molecule has 1 aliphatic rings. The van der Waals surface area contributed by atoms with Gasteiger partial charge in [-0.15, -0.1) is 0 Å². The lowest BCUT2D eigenvalue weighted by Crippen LogP contribution is -2.50. The Kier molecular flexibility index (Phi) is 7.07. The summed E-state index contributed by atoms with van der Waals surface area (Å²) in [7, 11) is 0. The summed E-state index contributed by atoms with van der Waals surface area (Å²) in [5.74, 6) is 1.10. The van der Waals surface area contributed by atoms with Crippen LogP contribution in [0.1, 0.15) is 22.7 Å². The van der Waals surface area contributed by atoms with Crippen molar-refractivity contribution < 1.29 is 18.9 Å². The van der Waals surface area contributed by atoms with Crippen molar-refractivity contribution in [3.8, 4) is 11.8 Å². The Morgan fingerprint density at radius 2 is 1.94 bits per heavy atom. The number of carbonyl (C=O) groups excluding carboxylic acids is 1. The minimum Gasteiger partial charge on any atom is -0.484 e. The first-order valence-electron chi connectivity index (χ1n) is 11.0. The van der Waals surface area contributed by atoms with Crippen LogP contribution in [0.25, 0.3) is 12.2 Å². The van der Waals surface area contributed by atoms with Gasteiger partial charge in [0.15, 0.2) is 6.61 Å². The van der Waals surface area contributed by atoms with Gasteiger partial charge in [-0.05, 0) is 30.7 Å². The number of nitriles is 1. The molecule has 2 aromatic carbocycles. The quantitative estimate of drug-likeness (QED) is 0.376. The molecule has 35 heavy (non-hydrogen) atoms. The molecule has 0 saturated carbocycles. The van der Waals surface area contributed by atoms with Gasteiger partial charge in [-0.2, -0.15) is 10.2 Å². The molecule has 1 aliphatic heterocycles. The summed E-state index contributed by atoms with van der Waals surface area (Å²) in [6.45, 7) is 3.82. The van der Waals surface area contributed by atoms with Gasteiger partial charge in [0.1, 0.15) is 11.8 Å². The molecule has 0 N–H and O–H groups in total. The van der Waals surface area contributed by atoms with Crippen LogP contribution >= 0.6 is 0 Å². The number of nitro benzene ring substituents is 1. The number of benzene rings is 2. The molecule has 0 bridgehead atoms. The van der Waals surface area contributed by atoms with Gasteiger partial charge in [0.05, 0.1) is 4.92 Å². The normalized spacial score (nSPS) is 13.6. The number of ether oxygens (including phenoxy) is 1. The second-order valence-electron chi connectivity index (χ2n) is 7.97. The summed E-state index contributed by atoms with van der Waals surface area (Å²) in [6.07, 6.45) is 3.19. The zero-order valence-electron chi connectivity index (χ0n) is 19.1. The van der Waals surface area contributed by atoms with E-state index in [2.05, 4.69) is 4.98 Å². The van der Waals surface area contributed by atoms with E-state index >= 15 is 0 Å². The first kappa shape index (κ1) is 23.5. The standard InChI is InChI=1S/C25H23N5O5/c1-18-5-8-21(9-6-18)34-17-24(31)28-11-13-29(14-12-28)25-22(16-26)27-23(35-25)10-7-19-3-2-4-20(15-19)30(32)33/h2-10,15H,11-14,17H2,1H3/b10-7+. The summed E-state index contributed by atoms with van der Waals surface area (Å²) in [6, 6.07) is 15.7. The zero-order chi connectivity index (χ0) is 24.8. The van der Waals surface area contributed by atoms with Crippen molar-refractivity contribution in [3.63, 3.8) is 0 Å². The molecule has 10 heteroatoms. The highest BCUT2D eigenvalue weighted by Gasteiger charge is 2.26. The first-order chi connectivity index (χ1) is 16.9. The molecule has 0 unspecified atom stereocenters. The molecule has 3 aromatic rings. The minimum atomic E-state index is -0.465. The smallest absolute Gasteiger partial charge is 0.270 e. The van der Waals surface area contributed by atoms with Crippen LogP contribution in [-0.2, 0) is 4.79 Å². The number of rotatable bonds is 7. The minimum absolute atomic E-state index is 0.0189. The van der Waals surface area contributed by atoms with Crippen LogP contribution < -0.4 is 9.64 Å². The van der Waals surface area contributed by atoms with Crippen LogP contribution in [0.15, 0.2) is 52.9 Å². The lowest BCUT2D eigenvalue weighted by molar-refractivity contribution is -0.384. The number of aromatic nitrogens is 1. The Morgan fingerprint density at radius 1 is 1.20 bits per heavy atom. The van der Waals surface area contributed by atoms with Gasteiger partial charge in [-0.3, -0.25) is 14.9 Å². The third-order valence-electron chi connectivity index (χ3n) is 5.53. The Balaban J connectivity index is 1.35. The number of anilines is 1. The zero-order valence-corrected chi connectivity index (χ0v) is 19.1. The summed E-state index contributed by atoms with van der Waals surface area (Å²) < 4.78 is 11.4. The maximum absolute atomic E-state index is 12.5. The Labute approximate surface area is 201 Å². The van der Waals surface area contributed by atoms with Crippen LogP contribution in [0.2, 0.25) is 0 Å². The van der Waals surface area contributed by atoms with Gasteiger partial charge in [-0.1, -0.05) is 29.8 Å². The van der Waals surface area contributed by atoms with Crippen molar-refractivity contribution in [2.75, 3.05) is 37.7 Å². The lowest BCUT2D eigenvalue weighted by atomic mass is 10.2. The van der Waals surface area contributed by atoms with E-state index < -0.39 is 4.92 Å². The molecule has 0 spiro atoms. The number of aryl methyl sites for hydroxylation is 1. The molecule has 2 heterocycles. The largest absolute Gasteiger partial charge is 0.484 e. The number of nitro groups is 1. The molecule has 1 amide bonds. The van der Waals surface area contributed by atoms with E-state index in [0.717, 1.165) is 5.56 Å². The third kappa shape index (κ3) is 5.83. The predicted molar refractivity (Wildman–Crippen MR) is 129 cm³/mol. The molecule has 178 valence electrons. The van der Waals surface area contributed by atoms with E-state index in [1.807, 2.05) is 42.2 Å². The van der Waals surface area contributed by atoms with Crippen LogP contribution in [0.4, 0.5) is 11.6 Å². The fourth-order valence-corrected chi connectivity index (χ4v) is 3.63. The second kappa shape index (κ2) is 10.5. The van der Waals surface area contributed by atoms with Gasteiger partial charge in [0, 0.05) is 44.4 Å². The number of oxazole rings is 1. The van der Waals surface area contributed by atoms with Crippen LogP contribution in [0.5, 0.6) is 5.75 Å². The highest BCUT2D eigenvalue weighted by atomic mass is 16.6. The van der Waals surface area contributed by atoms with Crippen LogP contribution in [0, 0.1) is 28.4 Å². The van der Waals surface area contributed by atoms with Gasteiger partial charge < -0.3 is 19.0 Å². The first-order valence-corrected chi connectivity index (χ1v) is 11.0. The van der Waals surface area contributed by atoms with Crippen molar-refractivity contribution in [3.05, 3.63) is 81.4 Å². The van der Waals surface area contributed by atoms with Crippen molar-refractivity contribution in [1.29, 1.82) is 5.26 Å². The number of nitrogens with zero attached hydrogens (tertiary/aromatic N) is 5. The molecule has 4 rings (SSSR count). The summed E-state index contributed by atoms with van der Waals surface area (Å²) in [5.41, 5.74) is 1.85. The third-order valence-corrected chi connectivity index (χ3v) is 5.53. The Morgan fingerprint density at radius 3 is 2.63 bits per heavy atom. The monoisotopic (exact) mass is 473 g/mol. The Bertz CT molecular complexity index is 1280. The average Bonchev–Trinajstić information content (AvgIpc) is 3.30. The number of non-ortho nitro benzene ring substituents is 1. The SMILES string of the molecule is Cc1ccc(OCC(=O)N2CCN(c3oc(/C=C/c4cccc([N+](=O)[O-])c4)nc3C#N)CC2)cc1. The molecular weight excluding hydrogens is 450 g/mol. The van der Waals surface area contributed by atoms with Crippen molar-refractivity contribution in [2.24, 2.45) is 0 Å². The fourth-order valence-electron chi connectivity index (χ4n) is 3.63. The topological polar surface area (TPSA) is 126 Å². The van der Waals surface area contributed by atoms with E-state index in [1.165, 1.54) is 12.1 Å². The van der Waals surface area contributed by atoms with Gasteiger partial charge >= 0.3 is 0 Å². The summed E-state index contributed by atoms with van der Waals surface area (Å²) in [5, 5.41) is 20.4. The van der Waals surface area contributed by atoms with Gasteiger partial charge in [-0.25, -0.2) is 0 Å². The van der Waals surface area contributed by atoms with Gasteiger partial charge in [0.25, 0.3) is 11.6 Å². The lowest BCUT2D eigenvalue weighted by Gasteiger charge is -2.34. The number of hydrogen-bond donors (Lipinski definition) is 0. The van der Waals surface area contributed by atoms with Crippen molar-refractivity contribution in [2.45, 2.75) is 6.92 Å². The number of hydrogen-bond acceptors (Lipinski definition) is 8. The molecule has 1 fully saturated rings. The Hall–Kier alpha value is -4.65. The van der Waals surface area contributed by atoms with E-state index in [0.29, 0.717) is 43.4 Å². The maximum atomic E-state index is 12.5. The number of piperazine rings is 1. The van der Waals surface area contributed by atoms with E-state index in [9.17, 15) is 20.2 Å². The van der Waals surface area contributed by atoms with E-state index in [4.69, 9.17) is 9.15 Å². The molecule has 1 saturated heterocycles. The van der Waals surface area contributed by atoms with Crippen molar-refractivity contribution in [1.82, 2.24) is 9.88 Å². The molecular formula is C25H23N5O5. The van der Waals surface area contributed by atoms with Crippen molar-refractivity contribution >= 4 is 29.6 Å². The molecule has 10 nitrogen and oxygen atoms in total. The predicted octanol–water partition coefficient (Wildman–Crippen LogP) is 3.66. The highest BCUT2D eigenvalue weighted by molar-refractivity contribution is 5.78. The average molecular weight is 473 g/mol. The maximum Gasteiger partial charge on any atom is 0.270 e. The highest BCUT2D eigenvalue weighted by Crippen LogP contribution is 2.25. The molecule has 0 radical (unpaired) electrons. The van der Waals surface area contributed by atoms with Crippen LogP contribution in [0.3, 0.4) is 0 Å². The molecule has 1 aromatic heterocycles. The van der Waals surface area contributed by atoms with E-state index in [1.54, 1.807) is 29.2 Å². The molecule has 0 aliphatic carbocycles. The molecule has 0 atom stereocenters. The fraction of sp³-hybridized carbons (Fsp3) is 0.240. The summed E-state index contributed by atoms with van der Waals surface area (Å²) in [4.78, 5) is 30.8. The van der Waals surface area contributed by atoms with Crippen LogP contribution in [-0.4, -0.2) is 53.5 Å². The number of carbonyl (C=O) groups is 1.